The molecule has 1 aliphatic rings. The lowest BCUT2D eigenvalue weighted by atomic mass is 9.85. The van der Waals surface area contributed by atoms with Crippen molar-refractivity contribution in [1.29, 1.82) is 0 Å². The Morgan fingerprint density at radius 1 is 0.581 bits per heavy atom. The van der Waals surface area contributed by atoms with Gasteiger partial charge in [-0.05, 0) is 77.0 Å². The van der Waals surface area contributed by atoms with Crippen LogP contribution in [-0.2, 0) is 32.7 Å². The van der Waals surface area contributed by atoms with Crippen LogP contribution in [-0.4, -0.2) is 110 Å². The van der Waals surface area contributed by atoms with E-state index in [9.17, 15) is 49.7 Å². The van der Waals surface area contributed by atoms with Crippen LogP contribution in [0.25, 0.3) is 0 Å². The highest BCUT2D eigenvalue weighted by atomic mass is 31.2. The fourth-order valence-corrected chi connectivity index (χ4v) is 7.04. The van der Waals surface area contributed by atoms with Crippen molar-refractivity contribution in [1.82, 2.24) is 0 Å². The van der Waals surface area contributed by atoms with Gasteiger partial charge >= 0.3 is 19.8 Å². The maximum absolute atomic E-state index is 12.8. The zero-order valence-electron chi connectivity index (χ0n) is 37.0. The van der Waals surface area contributed by atoms with Crippen LogP contribution in [0.4, 0.5) is 0 Å². The molecule has 15 heteroatoms. The van der Waals surface area contributed by atoms with Crippen LogP contribution in [0, 0.1) is 0 Å². The number of rotatable bonds is 35. The van der Waals surface area contributed by atoms with E-state index in [2.05, 4.69) is 49.5 Å². The maximum Gasteiger partial charge on any atom is 0.472 e. The molecule has 3 unspecified atom stereocenters. The van der Waals surface area contributed by atoms with Gasteiger partial charge in [0.1, 0.15) is 43.2 Å². The Kier molecular flexibility index (Phi) is 33.4. The summed E-state index contributed by atoms with van der Waals surface area (Å²) in [5.41, 5.74) is 0. The number of ether oxygens (including phenoxy) is 2. The largest absolute Gasteiger partial charge is 0.472 e. The van der Waals surface area contributed by atoms with E-state index in [4.69, 9.17) is 18.5 Å². The molecule has 0 aromatic heterocycles. The molecule has 1 fully saturated rings. The number of phosphoric ester groups is 1. The standard InChI is InChI=1S/C47H77O14P/c1-3-5-6-7-8-9-10-11-12-16-19-22-25-28-31-34-40(49)58-36-39(37-59-62(56,57)61-47-45(54)43(52)42(51)44(53)46(47)55)60-41(50)35-32-29-26-23-20-17-14-13-15-18-21-24-27-30-33-38(48)4-2/h8-9,11-12,14-15,17-18,23-24,26-27,30,33,38-39,42-48,51-55H,3-7,10,13,16,19-22,25,28-29,31-32,34-37H2,1-2H3,(H,56,57)/b9-8-,12-11-,17-14-,18-15-,26-23-,27-24-,33-30+/t38-,39-,42?,43-,44+,45-,46-,47?/m1/s1. The van der Waals surface area contributed by atoms with E-state index in [1.54, 1.807) is 6.08 Å². The minimum absolute atomic E-state index is 0.00332. The molecular weight excluding hydrogens is 819 g/mol. The van der Waals surface area contributed by atoms with Crippen molar-refractivity contribution in [3.63, 3.8) is 0 Å². The van der Waals surface area contributed by atoms with E-state index in [1.165, 1.54) is 19.3 Å². The molecule has 1 rings (SSSR count). The minimum Gasteiger partial charge on any atom is -0.462 e. The number of esters is 2. The number of aliphatic hydroxyl groups excluding tert-OH is 6. The van der Waals surface area contributed by atoms with Crippen LogP contribution in [0.5, 0.6) is 0 Å². The van der Waals surface area contributed by atoms with E-state index >= 15 is 0 Å². The first-order valence-electron chi connectivity index (χ1n) is 22.5. The van der Waals surface area contributed by atoms with Crippen LogP contribution in [0.1, 0.15) is 136 Å². The summed E-state index contributed by atoms with van der Waals surface area (Å²) in [4.78, 5) is 35.6. The molecule has 0 aliphatic heterocycles. The van der Waals surface area contributed by atoms with Gasteiger partial charge in [-0.25, -0.2) is 4.57 Å². The highest BCUT2D eigenvalue weighted by Crippen LogP contribution is 2.47. The number of aliphatic hydroxyl groups is 6. The van der Waals surface area contributed by atoms with E-state index in [1.807, 2.05) is 43.4 Å². The molecule has 1 saturated carbocycles. The van der Waals surface area contributed by atoms with Gasteiger partial charge in [0.25, 0.3) is 0 Å². The third-order valence-corrected chi connectivity index (χ3v) is 10.9. The van der Waals surface area contributed by atoms with Gasteiger partial charge in [-0.2, -0.15) is 0 Å². The van der Waals surface area contributed by atoms with Crippen molar-refractivity contribution in [3.05, 3.63) is 85.1 Å². The number of hydrogen-bond acceptors (Lipinski definition) is 13. The Morgan fingerprint density at radius 3 is 1.65 bits per heavy atom. The van der Waals surface area contributed by atoms with Crippen molar-refractivity contribution in [2.24, 2.45) is 0 Å². The minimum atomic E-state index is -5.15. The van der Waals surface area contributed by atoms with Gasteiger partial charge in [0.2, 0.25) is 0 Å². The van der Waals surface area contributed by atoms with Crippen LogP contribution in [0.3, 0.4) is 0 Å². The number of unbranched alkanes of at least 4 members (excludes halogenated alkanes) is 9. The Labute approximate surface area is 370 Å². The fraction of sp³-hybridized carbons (Fsp3) is 0.660. The van der Waals surface area contributed by atoms with Crippen LogP contribution in [0.2, 0.25) is 0 Å². The first kappa shape index (κ1) is 57.0. The second-order valence-corrected chi connectivity index (χ2v) is 16.8. The summed E-state index contributed by atoms with van der Waals surface area (Å²) >= 11 is 0. The van der Waals surface area contributed by atoms with Crippen molar-refractivity contribution < 1.29 is 68.2 Å². The molecule has 0 aromatic carbocycles. The number of allylic oxidation sites excluding steroid dienone is 13. The van der Waals surface area contributed by atoms with Gasteiger partial charge in [-0.15, -0.1) is 0 Å². The topological polar surface area (TPSA) is 230 Å². The summed E-state index contributed by atoms with van der Waals surface area (Å²) in [6.45, 7) is 2.86. The SMILES string of the molecule is CCCCC/C=C\C/C=C\CCCCCCCC(=O)OC[C@H](COP(=O)(O)OC1[C@H](O)[C@H](O)C(O)[C@H](O)[C@H]1O)OC(=O)CCC/C=C\C/C=C\C/C=C\C/C=C\C=C\[C@H](O)CC. The van der Waals surface area contributed by atoms with Crippen molar-refractivity contribution in [3.8, 4) is 0 Å². The van der Waals surface area contributed by atoms with E-state index in [0.29, 0.717) is 25.7 Å². The Balaban J connectivity index is 2.55. The molecule has 0 radical (unpaired) electrons. The second-order valence-electron chi connectivity index (χ2n) is 15.4. The third-order valence-electron chi connectivity index (χ3n) is 9.88. The highest BCUT2D eigenvalue weighted by Gasteiger charge is 2.51. The monoisotopic (exact) mass is 897 g/mol. The number of carbonyl (C=O) groups is 2. The quantitative estimate of drug-likeness (QED) is 0.0108. The Morgan fingerprint density at radius 2 is 1.06 bits per heavy atom. The summed E-state index contributed by atoms with van der Waals surface area (Å²) in [7, 11) is -5.15. The summed E-state index contributed by atoms with van der Waals surface area (Å²) in [5, 5.41) is 59.6. The molecule has 0 aromatic rings. The normalized spacial score (nSPS) is 23.2. The summed E-state index contributed by atoms with van der Waals surface area (Å²) in [5.74, 6) is -1.21. The molecule has 0 spiro atoms. The van der Waals surface area contributed by atoms with Gasteiger partial charge in [-0.1, -0.05) is 131 Å². The smallest absolute Gasteiger partial charge is 0.462 e. The van der Waals surface area contributed by atoms with E-state index < -0.39 is 81.8 Å². The van der Waals surface area contributed by atoms with E-state index in [0.717, 1.165) is 64.2 Å². The molecule has 62 heavy (non-hydrogen) atoms. The van der Waals surface area contributed by atoms with Gasteiger partial charge in [-0.3, -0.25) is 18.6 Å². The van der Waals surface area contributed by atoms with Crippen molar-refractivity contribution >= 4 is 19.8 Å². The fourth-order valence-electron chi connectivity index (χ4n) is 6.07. The first-order valence-corrected chi connectivity index (χ1v) is 24.0. The van der Waals surface area contributed by atoms with Gasteiger partial charge < -0.3 is 45.0 Å². The van der Waals surface area contributed by atoms with E-state index in [-0.39, 0.29) is 12.8 Å². The lowest BCUT2D eigenvalue weighted by Crippen LogP contribution is -2.64. The summed E-state index contributed by atoms with van der Waals surface area (Å²) in [6, 6.07) is 0. The third kappa shape index (κ3) is 28.6. The molecule has 354 valence electrons. The average molecular weight is 897 g/mol. The van der Waals surface area contributed by atoms with Gasteiger partial charge in [0.05, 0.1) is 12.7 Å². The maximum atomic E-state index is 12.8. The Bertz CT molecular complexity index is 1420. The molecule has 0 saturated heterocycles. The lowest BCUT2D eigenvalue weighted by Gasteiger charge is -2.41. The number of carbonyl (C=O) groups excluding carboxylic acids is 2. The Hall–Kier alpha value is -3.01. The summed E-state index contributed by atoms with van der Waals surface area (Å²) in [6.07, 6.45) is 30.2. The van der Waals surface area contributed by atoms with Crippen LogP contribution < -0.4 is 0 Å². The predicted octanol–water partition coefficient (Wildman–Crippen LogP) is 7.47. The first-order chi connectivity index (χ1) is 29.8. The molecule has 7 N–H and O–H groups in total. The zero-order chi connectivity index (χ0) is 45.9. The van der Waals surface area contributed by atoms with Gasteiger partial charge in [0, 0.05) is 12.8 Å². The van der Waals surface area contributed by atoms with Crippen LogP contribution in [0.15, 0.2) is 85.1 Å². The molecule has 9 atom stereocenters. The molecule has 0 bridgehead atoms. The van der Waals surface area contributed by atoms with Crippen molar-refractivity contribution in [2.45, 2.75) is 185 Å². The molecule has 0 heterocycles. The molecular formula is C47H77O14P. The highest BCUT2D eigenvalue weighted by molar-refractivity contribution is 7.47. The van der Waals surface area contributed by atoms with Gasteiger partial charge in [0.15, 0.2) is 6.10 Å². The zero-order valence-corrected chi connectivity index (χ0v) is 37.9. The van der Waals surface area contributed by atoms with Crippen molar-refractivity contribution in [2.75, 3.05) is 13.2 Å². The number of phosphoric acid groups is 1. The molecule has 14 nitrogen and oxygen atoms in total. The molecule has 1 aliphatic carbocycles. The predicted molar refractivity (Wildman–Crippen MR) is 241 cm³/mol. The summed E-state index contributed by atoms with van der Waals surface area (Å²) < 4.78 is 33.4. The second kappa shape index (κ2) is 36.3. The number of hydrogen-bond donors (Lipinski definition) is 7. The molecule has 0 amide bonds. The van der Waals surface area contributed by atoms with Crippen LogP contribution >= 0.6 is 7.82 Å². The lowest BCUT2D eigenvalue weighted by molar-refractivity contribution is -0.220. The average Bonchev–Trinajstić information content (AvgIpc) is 3.25.